The molecule has 1 unspecified atom stereocenters. The molecule has 0 saturated carbocycles. The van der Waals surface area contributed by atoms with E-state index in [2.05, 4.69) is 42.5 Å². The van der Waals surface area contributed by atoms with Crippen molar-refractivity contribution < 1.29 is 0 Å². The first-order valence-corrected chi connectivity index (χ1v) is 5.62. The summed E-state index contributed by atoms with van der Waals surface area (Å²) in [6, 6.07) is 0.389. The van der Waals surface area contributed by atoms with Crippen molar-refractivity contribution in [3.8, 4) is 0 Å². The van der Waals surface area contributed by atoms with Gasteiger partial charge in [-0.15, -0.1) is 0 Å². The van der Waals surface area contributed by atoms with Crippen LogP contribution in [-0.4, -0.2) is 14.8 Å². The highest BCUT2D eigenvalue weighted by molar-refractivity contribution is 7.71. The molecule has 0 amide bonds. The molecule has 0 bridgehead atoms. The molecule has 0 aliphatic rings. The van der Waals surface area contributed by atoms with E-state index in [-0.39, 0.29) is 0 Å². The van der Waals surface area contributed by atoms with Crippen LogP contribution in [0.5, 0.6) is 0 Å². The Hall–Kier alpha value is -0.640. The van der Waals surface area contributed by atoms with E-state index < -0.39 is 0 Å². The summed E-state index contributed by atoms with van der Waals surface area (Å²) >= 11 is 5.18. The third-order valence-electron chi connectivity index (χ3n) is 2.52. The number of nitrogens with zero attached hydrogens (tertiary/aromatic N) is 2. The Labute approximate surface area is 90.5 Å². The summed E-state index contributed by atoms with van der Waals surface area (Å²) in [5.74, 6) is 1.75. The van der Waals surface area contributed by atoms with E-state index in [4.69, 9.17) is 12.2 Å². The lowest BCUT2D eigenvalue weighted by atomic mass is 10.0. The summed E-state index contributed by atoms with van der Waals surface area (Å²) in [4.78, 5) is 0. The molecule has 0 aliphatic carbocycles. The zero-order chi connectivity index (χ0) is 10.7. The molecule has 4 heteroatoms. The Balaban J connectivity index is 2.92. The van der Waals surface area contributed by atoms with Crippen molar-refractivity contribution in [2.24, 2.45) is 5.92 Å². The van der Waals surface area contributed by atoms with Crippen molar-refractivity contribution in [1.29, 1.82) is 0 Å². The predicted octanol–water partition coefficient (Wildman–Crippen LogP) is 3.11. The summed E-state index contributed by atoms with van der Waals surface area (Å²) in [7, 11) is 0. The second-order valence-corrected chi connectivity index (χ2v) is 4.51. The van der Waals surface area contributed by atoms with Gasteiger partial charge in [-0.1, -0.05) is 20.3 Å². The topological polar surface area (TPSA) is 33.6 Å². The van der Waals surface area contributed by atoms with Gasteiger partial charge < -0.3 is 4.57 Å². The Morgan fingerprint density at radius 2 is 2.07 bits per heavy atom. The van der Waals surface area contributed by atoms with Gasteiger partial charge in [0, 0.05) is 12.5 Å². The third-order valence-corrected chi connectivity index (χ3v) is 2.81. The van der Waals surface area contributed by atoms with Crippen LogP contribution >= 0.6 is 12.2 Å². The van der Waals surface area contributed by atoms with Crippen molar-refractivity contribution in [2.45, 2.75) is 46.6 Å². The number of aromatic amines is 1. The van der Waals surface area contributed by atoms with E-state index in [9.17, 15) is 0 Å². The summed E-state index contributed by atoms with van der Waals surface area (Å²) in [5.41, 5.74) is 0. The van der Waals surface area contributed by atoms with E-state index in [1.165, 1.54) is 6.42 Å². The van der Waals surface area contributed by atoms with Crippen molar-refractivity contribution in [3.05, 3.63) is 10.6 Å². The quantitative estimate of drug-likeness (QED) is 0.780. The highest BCUT2D eigenvalue weighted by atomic mass is 32.1. The minimum atomic E-state index is 0.389. The van der Waals surface area contributed by atoms with Gasteiger partial charge in [0.25, 0.3) is 0 Å². The van der Waals surface area contributed by atoms with E-state index in [0.29, 0.717) is 12.0 Å². The van der Waals surface area contributed by atoms with Crippen molar-refractivity contribution >= 4 is 12.2 Å². The Morgan fingerprint density at radius 1 is 1.43 bits per heavy atom. The van der Waals surface area contributed by atoms with Gasteiger partial charge in [-0.05, 0) is 32.0 Å². The lowest BCUT2D eigenvalue weighted by Crippen LogP contribution is -2.10. The average Bonchev–Trinajstić information content (AvgIpc) is 2.46. The Morgan fingerprint density at radius 3 is 2.57 bits per heavy atom. The van der Waals surface area contributed by atoms with Crippen LogP contribution in [0.2, 0.25) is 0 Å². The summed E-state index contributed by atoms with van der Waals surface area (Å²) in [6.07, 6.45) is 2.18. The van der Waals surface area contributed by atoms with Gasteiger partial charge in [0.1, 0.15) is 5.82 Å². The number of hydrogen-bond acceptors (Lipinski definition) is 2. The third kappa shape index (κ3) is 2.44. The molecule has 0 spiro atoms. The first kappa shape index (κ1) is 11.4. The maximum absolute atomic E-state index is 5.18. The fraction of sp³-hybridized carbons (Fsp3) is 0.800. The van der Waals surface area contributed by atoms with Crippen LogP contribution in [-0.2, 0) is 6.42 Å². The lowest BCUT2D eigenvalue weighted by Gasteiger charge is -2.12. The van der Waals surface area contributed by atoms with Crippen LogP contribution in [0.4, 0.5) is 0 Å². The first-order chi connectivity index (χ1) is 6.56. The molecule has 1 aromatic heterocycles. The van der Waals surface area contributed by atoms with Crippen LogP contribution in [0.25, 0.3) is 0 Å². The molecule has 0 fully saturated rings. The molecule has 1 aromatic rings. The standard InChI is InChI=1S/C10H19N3S/c1-5-8(4)6-9-11-12-10(14)13(9)7(2)3/h7-8H,5-6H2,1-4H3,(H,12,14). The fourth-order valence-corrected chi connectivity index (χ4v) is 1.83. The lowest BCUT2D eigenvalue weighted by molar-refractivity contribution is 0.495. The Kier molecular flexibility index (Phi) is 3.86. The van der Waals surface area contributed by atoms with Gasteiger partial charge in [-0.2, -0.15) is 5.10 Å². The molecule has 0 aliphatic heterocycles. The maximum atomic E-state index is 5.18. The van der Waals surface area contributed by atoms with Gasteiger partial charge >= 0.3 is 0 Å². The molecule has 3 nitrogen and oxygen atoms in total. The highest BCUT2D eigenvalue weighted by Crippen LogP contribution is 2.14. The van der Waals surface area contributed by atoms with E-state index in [1.54, 1.807) is 0 Å². The average molecular weight is 213 g/mol. The molecule has 1 heterocycles. The minimum Gasteiger partial charge on any atom is -0.302 e. The van der Waals surface area contributed by atoms with E-state index >= 15 is 0 Å². The SMILES string of the molecule is CCC(C)Cc1n[nH]c(=S)n1C(C)C. The molecular formula is C10H19N3S. The number of hydrogen-bond donors (Lipinski definition) is 1. The molecule has 0 radical (unpaired) electrons. The van der Waals surface area contributed by atoms with Gasteiger partial charge in [0.05, 0.1) is 0 Å². The zero-order valence-electron chi connectivity index (χ0n) is 9.37. The van der Waals surface area contributed by atoms with Crippen molar-refractivity contribution in [3.63, 3.8) is 0 Å². The van der Waals surface area contributed by atoms with Gasteiger partial charge in [0.2, 0.25) is 0 Å². The second-order valence-electron chi connectivity index (χ2n) is 4.13. The van der Waals surface area contributed by atoms with E-state index in [1.807, 2.05) is 0 Å². The van der Waals surface area contributed by atoms with Crippen LogP contribution in [0, 0.1) is 10.7 Å². The van der Waals surface area contributed by atoms with Gasteiger partial charge in [0.15, 0.2) is 4.77 Å². The van der Waals surface area contributed by atoms with Crippen molar-refractivity contribution in [2.75, 3.05) is 0 Å². The maximum Gasteiger partial charge on any atom is 0.195 e. The number of rotatable bonds is 4. The first-order valence-electron chi connectivity index (χ1n) is 5.22. The van der Waals surface area contributed by atoms with Crippen LogP contribution in [0.1, 0.15) is 46.0 Å². The molecule has 1 N–H and O–H groups in total. The fourth-order valence-electron chi connectivity index (χ4n) is 1.47. The molecule has 0 aromatic carbocycles. The second kappa shape index (κ2) is 4.73. The zero-order valence-corrected chi connectivity index (χ0v) is 10.2. The minimum absolute atomic E-state index is 0.389. The Bertz CT molecular complexity index is 337. The van der Waals surface area contributed by atoms with Gasteiger partial charge in [-0.25, -0.2) is 0 Å². The van der Waals surface area contributed by atoms with Crippen LogP contribution in [0.3, 0.4) is 0 Å². The molecule has 1 rings (SSSR count). The van der Waals surface area contributed by atoms with Crippen molar-refractivity contribution in [1.82, 2.24) is 14.8 Å². The highest BCUT2D eigenvalue weighted by Gasteiger charge is 2.11. The normalized spacial score (nSPS) is 13.5. The summed E-state index contributed by atoms with van der Waals surface area (Å²) in [6.45, 7) is 8.70. The number of nitrogens with one attached hydrogen (secondary N) is 1. The monoisotopic (exact) mass is 213 g/mol. The molecule has 0 saturated heterocycles. The van der Waals surface area contributed by atoms with Gasteiger partial charge in [-0.3, -0.25) is 5.10 Å². The number of H-pyrrole nitrogens is 1. The summed E-state index contributed by atoms with van der Waals surface area (Å²) in [5, 5.41) is 7.13. The number of aromatic nitrogens is 3. The predicted molar refractivity (Wildman–Crippen MR) is 61.0 cm³/mol. The largest absolute Gasteiger partial charge is 0.302 e. The molecule has 1 atom stereocenters. The summed E-state index contributed by atoms with van der Waals surface area (Å²) < 4.78 is 2.83. The van der Waals surface area contributed by atoms with Crippen LogP contribution < -0.4 is 0 Å². The van der Waals surface area contributed by atoms with E-state index in [0.717, 1.165) is 17.0 Å². The smallest absolute Gasteiger partial charge is 0.195 e. The molecule has 80 valence electrons. The van der Waals surface area contributed by atoms with Crippen LogP contribution in [0.15, 0.2) is 0 Å². The molecular weight excluding hydrogens is 194 g/mol. The molecule has 14 heavy (non-hydrogen) atoms.